The maximum absolute atomic E-state index is 12.3. The van der Waals surface area contributed by atoms with Crippen molar-refractivity contribution in [3.05, 3.63) is 59.9 Å². The highest BCUT2D eigenvalue weighted by Gasteiger charge is 2.13. The van der Waals surface area contributed by atoms with Crippen molar-refractivity contribution in [1.82, 2.24) is 15.2 Å². The number of fused-ring (bicyclic) bond motifs is 1. The lowest BCUT2D eigenvalue weighted by Gasteiger charge is -2.08. The van der Waals surface area contributed by atoms with E-state index in [2.05, 4.69) is 20.5 Å². The lowest BCUT2D eigenvalue weighted by Crippen LogP contribution is -2.14. The quantitative estimate of drug-likeness (QED) is 0.774. The highest BCUT2D eigenvalue weighted by atomic mass is 16.5. The summed E-state index contributed by atoms with van der Waals surface area (Å²) in [5, 5.41) is 9.57. The summed E-state index contributed by atoms with van der Waals surface area (Å²) in [7, 11) is 0. The van der Waals surface area contributed by atoms with Gasteiger partial charge in [0.25, 0.3) is 0 Å². The first-order valence-electron chi connectivity index (χ1n) is 7.78. The van der Waals surface area contributed by atoms with Crippen molar-refractivity contribution in [2.75, 3.05) is 11.9 Å². The van der Waals surface area contributed by atoms with E-state index in [0.717, 1.165) is 35.6 Å². The molecule has 2 aromatic carbocycles. The van der Waals surface area contributed by atoms with Crippen LogP contribution in [0.2, 0.25) is 0 Å². The fourth-order valence-corrected chi connectivity index (χ4v) is 2.80. The Morgan fingerprint density at radius 3 is 3.08 bits per heavy atom. The van der Waals surface area contributed by atoms with Crippen molar-refractivity contribution in [3.8, 4) is 17.1 Å². The number of nitrogens with one attached hydrogen (secondary N) is 2. The largest absolute Gasteiger partial charge is 0.493 e. The normalized spacial score (nSPS) is 12.5. The molecule has 0 bridgehead atoms. The second kappa shape index (κ2) is 6.16. The molecule has 0 saturated carbocycles. The number of hydrogen-bond acceptors (Lipinski definition) is 4. The van der Waals surface area contributed by atoms with Gasteiger partial charge in [0.1, 0.15) is 12.1 Å². The monoisotopic (exact) mass is 320 g/mol. The van der Waals surface area contributed by atoms with Crippen LogP contribution in [0, 0.1) is 0 Å². The Morgan fingerprint density at radius 1 is 1.25 bits per heavy atom. The van der Waals surface area contributed by atoms with Gasteiger partial charge in [-0.05, 0) is 29.3 Å². The number of aromatic nitrogens is 3. The van der Waals surface area contributed by atoms with Crippen LogP contribution >= 0.6 is 0 Å². The maximum atomic E-state index is 12.3. The molecular weight excluding hydrogens is 304 g/mol. The zero-order chi connectivity index (χ0) is 16.4. The van der Waals surface area contributed by atoms with Crippen LogP contribution in [-0.2, 0) is 17.6 Å². The summed E-state index contributed by atoms with van der Waals surface area (Å²) in [5.41, 5.74) is 3.75. The lowest BCUT2D eigenvalue weighted by molar-refractivity contribution is -0.115. The van der Waals surface area contributed by atoms with Crippen molar-refractivity contribution in [2.24, 2.45) is 0 Å². The molecule has 0 unspecified atom stereocenters. The first-order chi connectivity index (χ1) is 11.8. The summed E-state index contributed by atoms with van der Waals surface area (Å²) in [6, 6.07) is 13.5. The van der Waals surface area contributed by atoms with Crippen LogP contribution in [0.15, 0.2) is 48.8 Å². The molecule has 1 amide bonds. The molecular formula is C18H16N4O2. The fourth-order valence-electron chi connectivity index (χ4n) is 2.80. The van der Waals surface area contributed by atoms with E-state index in [0.29, 0.717) is 12.2 Å². The third-order valence-electron chi connectivity index (χ3n) is 3.96. The van der Waals surface area contributed by atoms with Crippen LogP contribution < -0.4 is 10.1 Å². The summed E-state index contributed by atoms with van der Waals surface area (Å²) in [5.74, 6) is 1.50. The number of amides is 1. The summed E-state index contributed by atoms with van der Waals surface area (Å²) in [4.78, 5) is 16.4. The predicted octanol–water partition coefficient (Wildman–Crippen LogP) is 2.59. The molecule has 0 saturated heterocycles. The van der Waals surface area contributed by atoms with E-state index in [9.17, 15) is 4.79 Å². The van der Waals surface area contributed by atoms with Crippen molar-refractivity contribution >= 4 is 11.6 Å². The predicted molar refractivity (Wildman–Crippen MR) is 89.8 cm³/mol. The Balaban J connectivity index is 1.45. The minimum atomic E-state index is -0.0670. The number of anilines is 1. The first kappa shape index (κ1) is 14.4. The number of aromatic amines is 1. The second-order valence-corrected chi connectivity index (χ2v) is 5.68. The number of H-pyrrole nitrogens is 1. The number of benzene rings is 2. The van der Waals surface area contributed by atoms with Crippen LogP contribution in [-0.4, -0.2) is 27.7 Å². The summed E-state index contributed by atoms with van der Waals surface area (Å²) < 4.78 is 5.55. The van der Waals surface area contributed by atoms with Gasteiger partial charge in [-0.25, -0.2) is 4.98 Å². The highest BCUT2D eigenvalue weighted by Crippen LogP contribution is 2.26. The molecule has 4 rings (SSSR count). The van der Waals surface area contributed by atoms with Crippen LogP contribution in [0.5, 0.6) is 5.75 Å². The van der Waals surface area contributed by atoms with Gasteiger partial charge in [-0.2, -0.15) is 5.10 Å². The molecule has 0 radical (unpaired) electrons. The number of rotatable bonds is 4. The number of carbonyl (C=O) groups excluding carboxylic acids is 1. The zero-order valence-corrected chi connectivity index (χ0v) is 13.0. The third kappa shape index (κ3) is 2.99. The molecule has 2 heterocycles. The number of nitrogens with zero attached hydrogens (tertiary/aromatic N) is 2. The Bertz CT molecular complexity index is 874. The van der Waals surface area contributed by atoms with Gasteiger partial charge < -0.3 is 10.1 Å². The zero-order valence-electron chi connectivity index (χ0n) is 13.0. The Hall–Kier alpha value is -3.15. The van der Waals surface area contributed by atoms with Gasteiger partial charge in [-0.15, -0.1) is 0 Å². The molecule has 1 aliphatic heterocycles. The van der Waals surface area contributed by atoms with Crippen molar-refractivity contribution < 1.29 is 9.53 Å². The van der Waals surface area contributed by atoms with E-state index < -0.39 is 0 Å². The lowest BCUT2D eigenvalue weighted by atomic mass is 10.1. The molecule has 24 heavy (non-hydrogen) atoms. The topological polar surface area (TPSA) is 79.9 Å². The molecule has 0 aliphatic carbocycles. The van der Waals surface area contributed by atoms with E-state index >= 15 is 0 Å². The molecule has 1 aromatic heterocycles. The van der Waals surface area contributed by atoms with Gasteiger partial charge in [-0.3, -0.25) is 9.89 Å². The van der Waals surface area contributed by atoms with Crippen LogP contribution in [0.4, 0.5) is 5.69 Å². The van der Waals surface area contributed by atoms with Gasteiger partial charge in [0.2, 0.25) is 5.91 Å². The summed E-state index contributed by atoms with van der Waals surface area (Å²) in [6.45, 7) is 0.722. The average Bonchev–Trinajstić information content (AvgIpc) is 3.26. The molecule has 0 atom stereocenters. The highest BCUT2D eigenvalue weighted by molar-refractivity contribution is 5.92. The second-order valence-electron chi connectivity index (χ2n) is 5.68. The van der Waals surface area contributed by atoms with Crippen LogP contribution in [0.3, 0.4) is 0 Å². The molecule has 3 aromatic rings. The van der Waals surface area contributed by atoms with Crippen molar-refractivity contribution in [1.29, 1.82) is 0 Å². The number of ether oxygens (including phenoxy) is 1. The number of carbonyl (C=O) groups is 1. The van der Waals surface area contributed by atoms with Gasteiger partial charge >= 0.3 is 0 Å². The average molecular weight is 320 g/mol. The SMILES string of the molecule is O=C(Cc1ccc2c(c1)OCC2)Nc1cccc(-c2ncn[nH]2)c1. The van der Waals surface area contributed by atoms with Gasteiger partial charge in [0.15, 0.2) is 5.82 Å². The molecule has 6 heteroatoms. The molecule has 120 valence electrons. The Labute approximate surface area is 138 Å². The molecule has 0 spiro atoms. The smallest absolute Gasteiger partial charge is 0.228 e. The van der Waals surface area contributed by atoms with E-state index in [1.807, 2.05) is 42.5 Å². The number of hydrogen-bond donors (Lipinski definition) is 2. The van der Waals surface area contributed by atoms with Crippen LogP contribution in [0.1, 0.15) is 11.1 Å². The van der Waals surface area contributed by atoms with E-state index in [-0.39, 0.29) is 5.91 Å². The standard InChI is InChI=1S/C18H16N4O2/c23-17(9-12-4-5-13-6-7-24-16(13)8-12)21-15-3-1-2-14(10-15)18-19-11-20-22-18/h1-5,8,10-11H,6-7,9H2,(H,21,23)(H,19,20,22). The minimum absolute atomic E-state index is 0.0670. The maximum Gasteiger partial charge on any atom is 0.228 e. The van der Waals surface area contributed by atoms with E-state index in [1.165, 1.54) is 11.9 Å². The minimum Gasteiger partial charge on any atom is -0.493 e. The summed E-state index contributed by atoms with van der Waals surface area (Å²) >= 11 is 0. The molecule has 2 N–H and O–H groups in total. The molecule has 1 aliphatic rings. The first-order valence-corrected chi connectivity index (χ1v) is 7.78. The van der Waals surface area contributed by atoms with Gasteiger partial charge in [-0.1, -0.05) is 24.3 Å². The van der Waals surface area contributed by atoms with E-state index in [4.69, 9.17) is 4.74 Å². The van der Waals surface area contributed by atoms with Gasteiger partial charge in [0, 0.05) is 17.7 Å². The van der Waals surface area contributed by atoms with Crippen molar-refractivity contribution in [3.63, 3.8) is 0 Å². The van der Waals surface area contributed by atoms with Gasteiger partial charge in [0.05, 0.1) is 13.0 Å². The van der Waals surface area contributed by atoms with E-state index in [1.54, 1.807) is 0 Å². The van der Waals surface area contributed by atoms with Crippen LogP contribution in [0.25, 0.3) is 11.4 Å². The van der Waals surface area contributed by atoms with Crippen molar-refractivity contribution in [2.45, 2.75) is 12.8 Å². The third-order valence-corrected chi connectivity index (χ3v) is 3.96. The Kier molecular flexibility index (Phi) is 3.70. The Morgan fingerprint density at radius 2 is 2.21 bits per heavy atom. The summed E-state index contributed by atoms with van der Waals surface area (Å²) in [6.07, 6.45) is 2.70. The molecule has 6 nitrogen and oxygen atoms in total. The fraction of sp³-hybridized carbons (Fsp3) is 0.167. The molecule has 0 fully saturated rings.